The van der Waals surface area contributed by atoms with Crippen molar-refractivity contribution in [2.45, 2.75) is 38.7 Å². The first-order valence-electron chi connectivity index (χ1n) is 12.4. The van der Waals surface area contributed by atoms with Gasteiger partial charge in [-0.05, 0) is 44.2 Å². The van der Waals surface area contributed by atoms with E-state index in [1.54, 1.807) is 30.3 Å². The van der Waals surface area contributed by atoms with Gasteiger partial charge in [-0.25, -0.2) is 14.4 Å². The van der Waals surface area contributed by atoms with Crippen LogP contribution < -0.4 is 11.4 Å². The quantitative estimate of drug-likeness (QED) is 0.351. The molecule has 4 aromatic rings. The summed E-state index contributed by atoms with van der Waals surface area (Å²) >= 11 is 0. The van der Waals surface area contributed by atoms with Crippen molar-refractivity contribution in [2.75, 3.05) is 12.3 Å². The van der Waals surface area contributed by atoms with Crippen LogP contribution >= 0.6 is 0 Å². The van der Waals surface area contributed by atoms with Gasteiger partial charge in [0.05, 0.1) is 23.7 Å². The second-order valence-electron chi connectivity index (χ2n) is 9.38. The zero-order valence-corrected chi connectivity index (χ0v) is 21.4. The van der Waals surface area contributed by atoms with E-state index in [1.807, 2.05) is 38.1 Å². The van der Waals surface area contributed by atoms with Crippen LogP contribution in [0.3, 0.4) is 0 Å². The number of ether oxygens (including phenoxy) is 3. The lowest BCUT2D eigenvalue weighted by molar-refractivity contribution is -0.0581. The minimum atomic E-state index is -0.852. The molecule has 2 aromatic carbocycles. The number of benzene rings is 2. The second kappa shape index (κ2) is 11.0. The molecule has 200 valence electrons. The summed E-state index contributed by atoms with van der Waals surface area (Å²) in [5.41, 5.74) is 9.23. The lowest BCUT2D eigenvalue weighted by atomic mass is 10.1. The molecule has 1 aliphatic rings. The Kier molecular flexibility index (Phi) is 7.29. The van der Waals surface area contributed by atoms with Gasteiger partial charge in [0.15, 0.2) is 0 Å². The Morgan fingerprint density at radius 1 is 1.00 bits per heavy atom. The minimum Gasteiger partial charge on any atom is -0.472 e. The molecule has 0 saturated carbocycles. The highest BCUT2D eigenvalue weighted by Gasteiger charge is 2.40. The number of anilines is 1. The molecule has 1 fully saturated rings. The summed E-state index contributed by atoms with van der Waals surface area (Å²) < 4.78 is 23.8. The van der Waals surface area contributed by atoms with E-state index in [4.69, 9.17) is 24.4 Å². The number of aryl methyl sites for hydroxylation is 2. The third-order valence-corrected chi connectivity index (χ3v) is 6.52. The van der Waals surface area contributed by atoms with Gasteiger partial charge in [0.1, 0.15) is 30.9 Å². The largest absolute Gasteiger partial charge is 0.472 e. The summed E-state index contributed by atoms with van der Waals surface area (Å²) in [5.74, 6) is -1.05. The average Bonchev–Trinajstić information content (AvgIpc) is 3.59. The molecule has 0 aliphatic carbocycles. The van der Waals surface area contributed by atoms with Gasteiger partial charge in [-0.15, -0.1) is 0 Å². The van der Waals surface area contributed by atoms with E-state index in [0.717, 1.165) is 11.1 Å². The van der Waals surface area contributed by atoms with Crippen molar-refractivity contribution in [1.29, 1.82) is 0 Å². The Morgan fingerprint density at radius 3 is 2.26 bits per heavy atom. The Balaban J connectivity index is 1.39. The van der Waals surface area contributed by atoms with Crippen LogP contribution in [-0.4, -0.2) is 40.3 Å². The van der Waals surface area contributed by atoms with Gasteiger partial charge >= 0.3 is 17.6 Å². The van der Waals surface area contributed by atoms with Crippen molar-refractivity contribution in [3.63, 3.8) is 0 Å². The fraction of sp³-hybridized carbons (Fsp3) is 0.241. The molecule has 0 spiro atoms. The van der Waals surface area contributed by atoms with E-state index in [-0.39, 0.29) is 18.8 Å². The molecule has 3 heterocycles. The Hall–Kier alpha value is -4.70. The smallest absolute Gasteiger partial charge is 0.351 e. The van der Waals surface area contributed by atoms with Gasteiger partial charge in [0.25, 0.3) is 0 Å². The van der Waals surface area contributed by atoms with Crippen LogP contribution in [0.4, 0.5) is 5.82 Å². The molecular formula is C29H27N3O7. The number of carbonyl (C=O) groups is 2. The standard InChI is InChI=1S/C29H27N3O7/c1-17-3-7-19(8-4-17)27(33)37-16-24-23(39-28(34)20-9-5-18(2)6-10-20)13-25(38-24)32-14-22(21-11-12-36-15-21)26(30)31-29(32)35/h3-12,14-15,23-25H,13,16H2,1-2H3,(H2,30,31,35)/t23-,24+,25+/m0/s1. The van der Waals surface area contributed by atoms with Gasteiger partial charge in [-0.1, -0.05) is 35.4 Å². The highest BCUT2D eigenvalue weighted by atomic mass is 16.6. The summed E-state index contributed by atoms with van der Waals surface area (Å²) in [4.78, 5) is 42.3. The molecule has 2 N–H and O–H groups in total. The number of furan rings is 1. The number of hydrogen-bond acceptors (Lipinski definition) is 9. The monoisotopic (exact) mass is 529 g/mol. The van der Waals surface area contributed by atoms with Gasteiger partial charge in [0, 0.05) is 23.7 Å². The molecule has 0 radical (unpaired) electrons. The van der Waals surface area contributed by atoms with Crippen molar-refractivity contribution < 1.29 is 28.2 Å². The molecule has 1 saturated heterocycles. The summed E-state index contributed by atoms with van der Waals surface area (Å²) in [6, 6.07) is 15.6. The molecule has 0 amide bonds. The van der Waals surface area contributed by atoms with Crippen LogP contribution in [0.2, 0.25) is 0 Å². The molecule has 1 aliphatic heterocycles. The summed E-state index contributed by atoms with van der Waals surface area (Å²) in [6.45, 7) is 3.64. The molecule has 2 aromatic heterocycles. The highest BCUT2D eigenvalue weighted by molar-refractivity contribution is 5.90. The summed E-state index contributed by atoms with van der Waals surface area (Å²) in [6.07, 6.45) is 2.12. The van der Waals surface area contributed by atoms with Crippen molar-refractivity contribution >= 4 is 17.8 Å². The number of hydrogen-bond donors (Lipinski definition) is 1. The molecule has 10 heteroatoms. The molecule has 39 heavy (non-hydrogen) atoms. The zero-order chi connectivity index (χ0) is 27.5. The van der Waals surface area contributed by atoms with Gasteiger partial charge in [0.2, 0.25) is 0 Å². The second-order valence-corrected chi connectivity index (χ2v) is 9.38. The number of nitrogens with zero attached hydrogens (tertiary/aromatic N) is 2. The number of nitrogens with two attached hydrogens (primary N) is 1. The number of esters is 2. The van der Waals surface area contributed by atoms with Crippen molar-refractivity contribution in [1.82, 2.24) is 9.55 Å². The predicted molar refractivity (Wildman–Crippen MR) is 141 cm³/mol. The first-order valence-corrected chi connectivity index (χ1v) is 12.4. The van der Waals surface area contributed by atoms with Crippen LogP contribution in [0.25, 0.3) is 11.1 Å². The van der Waals surface area contributed by atoms with E-state index < -0.39 is 36.1 Å². The summed E-state index contributed by atoms with van der Waals surface area (Å²) in [7, 11) is 0. The fourth-order valence-electron chi connectivity index (χ4n) is 4.30. The highest BCUT2D eigenvalue weighted by Crippen LogP contribution is 2.33. The van der Waals surface area contributed by atoms with Crippen LogP contribution in [-0.2, 0) is 14.2 Å². The molecule has 0 unspecified atom stereocenters. The third-order valence-electron chi connectivity index (χ3n) is 6.52. The van der Waals surface area contributed by atoms with Crippen LogP contribution in [0.5, 0.6) is 0 Å². The first-order chi connectivity index (χ1) is 18.8. The number of carbonyl (C=O) groups excluding carboxylic acids is 2. The topological polar surface area (TPSA) is 136 Å². The molecule has 3 atom stereocenters. The van der Waals surface area contributed by atoms with E-state index >= 15 is 0 Å². The van der Waals surface area contributed by atoms with Crippen LogP contribution in [0.15, 0.2) is 82.5 Å². The maximum atomic E-state index is 12.9. The third kappa shape index (κ3) is 5.75. The number of rotatable bonds is 7. The molecule has 5 rings (SSSR count). The SMILES string of the molecule is Cc1ccc(C(=O)OC[C@H]2O[C@@H](n3cc(-c4ccoc4)c(N)nc3=O)C[C@@H]2OC(=O)c2ccc(C)cc2)cc1. The van der Waals surface area contributed by atoms with E-state index in [9.17, 15) is 14.4 Å². The maximum Gasteiger partial charge on any atom is 0.351 e. The van der Waals surface area contributed by atoms with Crippen LogP contribution in [0.1, 0.15) is 44.5 Å². The van der Waals surface area contributed by atoms with Gasteiger partial charge in [-0.2, -0.15) is 4.98 Å². The molecule has 0 bridgehead atoms. The Bertz CT molecular complexity index is 1530. The van der Waals surface area contributed by atoms with Gasteiger partial charge in [-0.3, -0.25) is 4.57 Å². The molecule has 10 nitrogen and oxygen atoms in total. The number of nitrogen functional groups attached to an aromatic ring is 1. The van der Waals surface area contributed by atoms with E-state index in [0.29, 0.717) is 22.3 Å². The predicted octanol–water partition coefficient (Wildman–Crippen LogP) is 4.07. The average molecular weight is 530 g/mol. The fourth-order valence-corrected chi connectivity index (χ4v) is 4.30. The Labute approximate surface area is 223 Å². The van der Waals surface area contributed by atoms with Crippen LogP contribution in [0, 0.1) is 13.8 Å². The lowest BCUT2D eigenvalue weighted by Gasteiger charge is -2.19. The Morgan fingerprint density at radius 2 is 1.64 bits per heavy atom. The van der Waals surface area contributed by atoms with E-state index in [1.165, 1.54) is 23.3 Å². The van der Waals surface area contributed by atoms with E-state index in [2.05, 4.69) is 4.98 Å². The van der Waals surface area contributed by atoms with Crippen molar-refractivity contribution in [2.24, 2.45) is 0 Å². The molecular weight excluding hydrogens is 502 g/mol. The number of aromatic nitrogens is 2. The normalized spacial score (nSPS) is 18.6. The zero-order valence-electron chi connectivity index (χ0n) is 21.4. The van der Waals surface area contributed by atoms with Crippen molar-refractivity contribution in [3.05, 3.63) is 106 Å². The summed E-state index contributed by atoms with van der Waals surface area (Å²) in [5, 5.41) is 0. The lowest BCUT2D eigenvalue weighted by Crippen LogP contribution is -2.32. The van der Waals surface area contributed by atoms with Crippen molar-refractivity contribution in [3.8, 4) is 11.1 Å². The van der Waals surface area contributed by atoms with Gasteiger partial charge < -0.3 is 24.4 Å². The first kappa shape index (κ1) is 25.9. The minimum absolute atomic E-state index is 0.0431. The maximum absolute atomic E-state index is 12.9.